The van der Waals surface area contributed by atoms with E-state index < -0.39 is 0 Å². The Bertz CT molecular complexity index is 492. The van der Waals surface area contributed by atoms with Crippen molar-refractivity contribution in [1.82, 2.24) is 5.06 Å². The van der Waals surface area contributed by atoms with Crippen molar-refractivity contribution in [3.63, 3.8) is 0 Å². The summed E-state index contributed by atoms with van der Waals surface area (Å²) in [5.41, 5.74) is 1.46. The minimum atomic E-state index is -0.114. The van der Waals surface area contributed by atoms with Gasteiger partial charge in [-0.25, -0.2) is 5.06 Å². The predicted molar refractivity (Wildman–Crippen MR) is 69.6 cm³/mol. The summed E-state index contributed by atoms with van der Waals surface area (Å²) in [6.45, 7) is 2.01. The average Bonchev–Trinajstić information content (AvgIpc) is 3.09. The summed E-state index contributed by atoms with van der Waals surface area (Å²) in [6, 6.07) is 7.16. The Labute approximate surface area is 111 Å². The number of hydrogen-bond acceptors (Lipinski definition) is 3. The van der Waals surface area contributed by atoms with Crippen molar-refractivity contribution < 1.29 is 14.4 Å². The van der Waals surface area contributed by atoms with Gasteiger partial charge in [0.1, 0.15) is 0 Å². The van der Waals surface area contributed by atoms with Gasteiger partial charge in [0.2, 0.25) is 5.91 Å². The Morgan fingerprint density at radius 3 is 2.47 bits per heavy atom. The third-order valence-electron chi connectivity index (χ3n) is 3.48. The first-order valence-electron chi connectivity index (χ1n) is 6.61. The SMILES string of the molecule is O=C(c1ccc(N2CCCC2=O)cc1)N1CCCO1. The largest absolute Gasteiger partial charge is 0.312 e. The number of anilines is 1. The fourth-order valence-electron chi connectivity index (χ4n) is 2.46. The van der Waals surface area contributed by atoms with Crippen LogP contribution in [0.3, 0.4) is 0 Å². The van der Waals surface area contributed by atoms with E-state index in [0.29, 0.717) is 25.1 Å². The van der Waals surface area contributed by atoms with E-state index in [1.54, 1.807) is 17.0 Å². The van der Waals surface area contributed by atoms with Gasteiger partial charge in [0.15, 0.2) is 0 Å². The van der Waals surface area contributed by atoms with E-state index in [1.807, 2.05) is 12.1 Å². The molecule has 100 valence electrons. The molecule has 2 saturated heterocycles. The number of carbonyl (C=O) groups is 2. The lowest BCUT2D eigenvalue weighted by molar-refractivity contribution is -0.117. The molecule has 0 aliphatic carbocycles. The molecule has 0 atom stereocenters. The van der Waals surface area contributed by atoms with E-state index >= 15 is 0 Å². The van der Waals surface area contributed by atoms with E-state index in [2.05, 4.69) is 0 Å². The quantitative estimate of drug-likeness (QED) is 0.811. The van der Waals surface area contributed by atoms with Gasteiger partial charge in [-0.3, -0.25) is 14.4 Å². The van der Waals surface area contributed by atoms with E-state index in [4.69, 9.17) is 4.84 Å². The third kappa shape index (κ3) is 2.33. The highest BCUT2D eigenvalue weighted by Gasteiger charge is 2.23. The van der Waals surface area contributed by atoms with E-state index in [1.165, 1.54) is 5.06 Å². The van der Waals surface area contributed by atoms with E-state index in [0.717, 1.165) is 25.1 Å². The minimum absolute atomic E-state index is 0.114. The number of amides is 2. The summed E-state index contributed by atoms with van der Waals surface area (Å²) in [5, 5.41) is 1.40. The molecule has 2 heterocycles. The lowest BCUT2D eigenvalue weighted by atomic mass is 10.2. The Kier molecular flexibility index (Phi) is 3.21. The summed E-state index contributed by atoms with van der Waals surface area (Å²) in [7, 11) is 0. The predicted octanol–water partition coefficient (Wildman–Crippen LogP) is 1.59. The highest BCUT2D eigenvalue weighted by atomic mass is 16.7. The van der Waals surface area contributed by atoms with Crippen molar-refractivity contribution in [3.05, 3.63) is 29.8 Å². The van der Waals surface area contributed by atoms with Gasteiger partial charge in [0.25, 0.3) is 5.91 Å². The summed E-state index contributed by atoms with van der Waals surface area (Å²) in [6.07, 6.45) is 2.40. The highest BCUT2D eigenvalue weighted by molar-refractivity contribution is 5.97. The van der Waals surface area contributed by atoms with Crippen LogP contribution >= 0.6 is 0 Å². The second-order valence-corrected chi connectivity index (χ2v) is 4.79. The fourth-order valence-corrected chi connectivity index (χ4v) is 2.46. The molecule has 0 N–H and O–H groups in total. The molecule has 19 heavy (non-hydrogen) atoms. The molecular formula is C14H16N2O3. The van der Waals surface area contributed by atoms with Gasteiger partial charge in [-0.1, -0.05) is 0 Å². The second kappa shape index (κ2) is 5.01. The Hall–Kier alpha value is -1.88. The number of carbonyl (C=O) groups excluding carboxylic acids is 2. The van der Waals surface area contributed by atoms with Crippen LogP contribution in [0.15, 0.2) is 24.3 Å². The van der Waals surface area contributed by atoms with Crippen molar-refractivity contribution in [2.45, 2.75) is 19.3 Å². The smallest absolute Gasteiger partial charge is 0.277 e. The van der Waals surface area contributed by atoms with Crippen LogP contribution in [0, 0.1) is 0 Å². The maximum absolute atomic E-state index is 12.1. The molecular weight excluding hydrogens is 244 g/mol. The van der Waals surface area contributed by atoms with Gasteiger partial charge in [0.05, 0.1) is 13.2 Å². The van der Waals surface area contributed by atoms with Crippen molar-refractivity contribution in [2.75, 3.05) is 24.6 Å². The summed E-state index contributed by atoms with van der Waals surface area (Å²) in [5.74, 6) is 0.0405. The van der Waals surface area contributed by atoms with Crippen LogP contribution in [0.2, 0.25) is 0 Å². The molecule has 2 fully saturated rings. The zero-order chi connectivity index (χ0) is 13.2. The molecule has 1 aromatic rings. The molecule has 2 aliphatic heterocycles. The molecule has 5 nitrogen and oxygen atoms in total. The maximum Gasteiger partial charge on any atom is 0.277 e. The van der Waals surface area contributed by atoms with Gasteiger partial charge in [-0.05, 0) is 37.1 Å². The molecule has 5 heteroatoms. The number of nitrogens with zero attached hydrogens (tertiary/aromatic N) is 2. The van der Waals surface area contributed by atoms with E-state index in [9.17, 15) is 9.59 Å². The van der Waals surface area contributed by atoms with Crippen molar-refractivity contribution >= 4 is 17.5 Å². The van der Waals surface area contributed by atoms with Gasteiger partial charge in [-0.2, -0.15) is 0 Å². The van der Waals surface area contributed by atoms with Gasteiger partial charge in [0, 0.05) is 24.2 Å². The molecule has 0 radical (unpaired) electrons. The van der Waals surface area contributed by atoms with Crippen molar-refractivity contribution in [1.29, 1.82) is 0 Å². The Morgan fingerprint density at radius 1 is 1.11 bits per heavy atom. The van der Waals surface area contributed by atoms with Crippen LogP contribution in [0.1, 0.15) is 29.6 Å². The molecule has 0 saturated carbocycles. The second-order valence-electron chi connectivity index (χ2n) is 4.79. The lowest BCUT2D eigenvalue weighted by Crippen LogP contribution is -2.27. The first-order valence-corrected chi connectivity index (χ1v) is 6.61. The highest BCUT2D eigenvalue weighted by Crippen LogP contribution is 2.22. The topological polar surface area (TPSA) is 49.9 Å². The number of rotatable bonds is 2. The van der Waals surface area contributed by atoms with Crippen LogP contribution < -0.4 is 4.90 Å². The van der Waals surface area contributed by atoms with Crippen LogP contribution in [0.4, 0.5) is 5.69 Å². The van der Waals surface area contributed by atoms with Crippen LogP contribution in [0.5, 0.6) is 0 Å². The maximum atomic E-state index is 12.1. The number of hydroxylamine groups is 2. The molecule has 2 aliphatic rings. The summed E-state index contributed by atoms with van der Waals surface area (Å²) in [4.78, 5) is 30.7. The molecule has 0 spiro atoms. The van der Waals surface area contributed by atoms with Crippen LogP contribution in [-0.2, 0) is 9.63 Å². The number of benzene rings is 1. The minimum Gasteiger partial charge on any atom is -0.312 e. The zero-order valence-corrected chi connectivity index (χ0v) is 10.7. The fraction of sp³-hybridized carbons (Fsp3) is 0.429. The molecule has 2 amide bonds. The summed E-state index contributed by atoms with van der Waals surface area (Å²) >= 11 is 0. The zero-order valence-electron chi connectivity index (χ0n) is 10.7. The standard InChI is InChI=1S/C14H16N2O3/c17-13-3-1-8-15(13)12-6-4-11(5-7-12)14(18)16-9-2-10-19-16/h4-7H,1-3,8-10H2. The Morgan fingerprint density at radius 2 is 1.89 bits per heavy atom. The third-order valence-corrected chi connectivity index (χ3v) is 3.48. The molecule has 0 aromatic heterocycles. The average molecular weight is 260 g/mol. The van der Waals surface area contributed by atoms with Crippen molar-refractivity contribution in [2.24, 2.45) is 0 Å². The summed E-state index contributed by atoms with van der Waals surface area (Å²) < 4.78 is 0. The number of hydrogen-bond donors (Lipinski definition) is 0. The van der Waals surface area contributed by atoms with Gasteiger partial charge >= 0.3 is 0 Å². The lowest BCUT2D eigenvalue weighted by Gasteiger charge is -2.17. The molecule has 0 bridgehead atoms. The molecule has 3 rings (SSSR count). The Balaban J connectivity index is 1.75. The first kappa shape index (κ1) is 12.2. The molecule has 0 unspecified atom stereocenters. The molecule has 1 aromatic carbocycles. The van der Waals surface area contributed by atoms with Gasteiger partial charge in [-0.15, -0.1) is 0 Å². The van der Waals surface area contributed by atoms with E-state index in [-0.39, 0.29) is 11.8 Å². The first-order chi connectivity index (χ1) is 9.25. The van der Waals surface area contributed by atoms with Crippen LogP contribution in [-0.4, -0.2) is 36.6 Å². The van der Waals surface area contributed by atoms with Crippen molar-refractivity contribution in [3.8, 4) is 0 Å². The monoisotopic (exact) mass is 260 g/mol. The normalized spacial score (nSPS) is 19.3. The van der Waals surface area contributed by atoms with Crippen LogP contribution in [0.25, 0.3) is 0 Å². The van der Waals surface area contributed by atoms with Gasteiger partial charge < -0.3 is 4.90 Å².